The largest absolute Gasteiger partial charge is 0.492 e. The molecule has 1 atom stereocenters. The van der Waals surface area contributed by atoms with Gasteiger partial charge in [-0.05, 0) is 42.2 Å². The van der Waals surface area contributed by atoms with E-state index in [1.54, 1.807) is 12.3 Å². The van der Waals surface area contributed by atoms with Gasteiger partial charge in [0, 0.05) is 16.0 Å². The predicted octanol–water partition coefficient (Wildman–Crippen LogP) is 5.98. The molecule has 2 aromatic carbocycles. The van der Waals surface area contributed by atoms with Gasteiger partial charge in [0.05, 0.1) is 23.7 Å². The van der Waals surface area contributed by atoms with Crippen LogP contribution in [0, 0.1) is 5.41 Å². The highest BCUT2D eigenvalue weighted by Gasteiger charge is 2.16. The molecule has 0 bridgehead atoms. The van der Waals surface area contributed by atoms with Gasteiger partial charge in [0.15, 0.2) is 0 Å². The zero-order valence-corrected chi connectivity index (χ0v) is 19.7. The summed E-state index contributed by atoms with van der Waals surface area (Å²) in [6, 6.07) is 13.3. The van der Waals surface area contributed by atoms with Gasteiger partial charge < -0.3 is 4.74 Å². The summed E-state index contributed by atoms with van der Waals surface area (Å²) >= 11 is 3.44. The predicted molar refractivity (Wildman–Crippen MR) is 127 cm³/mol. The second-order valence-corrected chi connectivity index (χ2v) is 9.61. The van der Waals surface area contributed by atoms with Crippen LogP contribution < -0.4 is 10.3 Å². The molecule has 0 aliphatic heterocycles. The molecule has 5 nitrogen and oxygen atoms in total. The summed E-state index contributed by atoms with van der Waals surface area (Å²) in [7, 11) is 0. The molecule has 0 aliphatic carbocycles. The molecule has 158 valence electrons. The van der Waals surface area contributed by atoms with E-state index < -0.39 is 0 Å². The molecule has 0 fully saturated rings. The Morgan fingerprint density at radius 2 is 1.97 bits per heavy atom. The van der Waals surface area contributed by atoms with Gasteiger partial charge in [-0.1, -0.05) is 62.7 Å². The van der Waals surface area contributed by atoms with Crippen LogP contribution >= 0.6 is 15.9 Å². The molecule has 0 N–H and O–H groups in total. The topological polar surface area (TPSA) is 56.5 Å². The van der Waals surface area contributed by atoms with Crippen molar-refractivity contribution in [3.63, 3.8) is 0 Å². The number of ether oxygens (including phenoxy) is 1. The van der Waals surface area contributed by atoms with Gasteiger partial charge in [-0.25, -0.2) is 4.98 Å². The summed E-state index contributed by atoms with van der Waals surface area (Å²) in [6.07, 6.45) is 2.53. The molecule has 0 unspecified atom stereocenters. The van der Waals surface area contributed by atoms with Crippen molar-refractivity contribution in [3.8, 4) is 5.75 Å². The molecule has 1 aromatic heterocycles. The third-order valence-corrected chi connectivity index (χ3v) is 5.27. The van der Waals surface area contributed by atoms with Gasteiger partial charge in [-0.2, -0.15) is 9.78 Å². The number of hydrogen-bond acceptors (Lipinski definition) is 4. The maximum atomic E-state index is 13.2. The normalized spacial score (nSPS) is 13.1. The van der Waals surface area contributed by atoms with Crippen LogP contribution in [0.2, 0.25) is 0 Å². The van der Waals surface area contributed by atoms with Crippen LogP contribution in [0.4, 0.5) is 0 Å². The Kier molecular flexibility index (Phi) is 6.76. The van der Waals surface area contributed by atoms with Crippen molar-refractivity contribution >= 4 is 33.0 Å². The summed E-state index contributed by atoms with van der Waals surface area (Å²) in [4.78, 5) is 18.0. The maximum absolute atomic E-state index is 13.2. The zero-order valence-electron chi connectivity index (χ0n) is 18.1. The van der Waals surface area contributed by atoms with Gasteiger partial charge in [-0.15, -0.1) is 0 Å². The number of halogens is 1. The molecule has 0 saturated carbocycles. The Hall–Kier alpha value is -2.47. The standard InChI is InChI=1S/C24H28BrN3O2/c1-6-16(2)22-27-20-12-11-18(25)13-19(20)23(29)28(22)26-14-17-9-7-8-10-21(17)30-15-24(3,4)5/h7-14,16H,6,15H2,1-5H3/t16-/m1/s1. The Bertz CT molecular complexity index is 1130. The van der Waals surface area contributed by atoms with Crippen LogP contribution in [0.25, 0.3) is 10.9 Å². The first-order chi connectivity index (χ1) is 14.2. The first kappa shape index (κ1) is 22.2. The van der Waals surface area contributed by atoms with E-state index in [-0.39, 0.29) is 16.9 Å². The minimum atomic E-state index is -0.180. The van der Waals surface area contributed by atoms with Crippen LogP contribution in [0.3, 0.4) is 0 Å². The smallest absolute Gasteiger partial charge is 0.282 e. The van der Waals surface area contributed by atoms with Crippen LogP contribution in [-0.4, -0.2) is 22.5 Å². The molecule has 3 rings (SSSR count). The van der Waals surface area contributed by atoms with Gasteiger partial charge in [0.25, 0.3) is 5.56 Å². The average Bonchev–Trinajstić information content (AvgIpc) is 2.71. The number of aromatic nitrogens is 2. The van der Waals surface area contributed by atoms with E-state index in [1.165, 1.54) is 4.68 Å². The molecule has 0 saturated heterocycles. The molecule has 1 heterocycles. The van der Waals surface area contributed by atoms with E-state index in [2.05, 4.69) is 55.7 Å². The molecule has 30 heavy (non-hydrogen) atoms. The molecule has 3 aromatic rings. The Balaban J connectivity index is 2.08. The minimum absolute atomic E-state index is 0.0422. The highest BCUT2D eigenvalue weighted by molar-refractivity contribution is 9.10. The van der Waals surface area contributed by atoms with Crippen molar-refractivity contribution in [1.29, 1.82) is 0 Å². The Labute approximate surface area is 185 Å². The first-order valence-electron chi connectivity index (χ1n) is 10.2. The second kappa shape index (κ2) is 9.13. The van der Waals surface area contributed by atoms with Crippen molar-refractivity contribution in [1.82, 2.24) is 9.66 Å². The lowest BCUT2D eigenvalue weighted by atomic mass is 9.99. The van der Waals surface area contributed by atoms with E-state index in [9.17, 15) is 4.79 Å². The van der Waals surface area contributed by atoms with Crippen molar-refractivity contribution in [2.24, 2.45) is 10.5 Å². The van der Waals surface area contributed by atoms with Crippen LogP contribution in [0.5, 0.6) is 5.75 Å². The highest BCUT2D eigenvalue weighted by atomic mass is 79.9. The molecule has 0 amide bonds. The summed E-state index contributed by atoms with van der Waals surface area (Å²) in [5.41, 5.74) is 1.36. The number of benzene rings is 2. The number of fused-ring (bicyclic) bond motifs is 1. The van der Waals surface area contributed by atoms with Crippen molar-refractivity contribution in [3.05, 3.63) is 68.7 Å². The van der Waals surface area contributed by atoms with Crippen molar-refractivity contribution < 1.29 is 4.74 Å². The van der Waals surface area contributed by atoms with Gasteiger partial charge >= 0.3 is 0 Å². The fraction of sp³-hybridized carbons (Fsp3) is 0.375. The second-order valence-electron chi connectivity index (χ2n) is 8.69. The van der Waals surface area contributed by atoms with Crippen molar-refractivity contribution in [2.75, 3.05) is 6.61 Å². The number of para-hydroxylation sites is 1. The number of hydrogen-bond donors (Lipinski definition) is 0. The Morgan fingerprint density at radius 3 is 2.67 bits per heavy atom. The van der Waals surface area contributed by atoms with Gasteiger partial charge in [-0.3, -0.25) is 4.79 Å². The third-order valence-electron chi connectivity index (χ3n) is 4.78. The summed E-state index contributed by atoms with van der Waals surface area (Å²) in [5.74, 6) is 1.49. The quantitative estimate of drug-likeness (QED) is 0.417. The maximum Gasteiger partial charge on any atom is 0.282 e. The third kappa shape index (κ3) is 5.17. The van der Waals surface area contributed by atoms with Gasteiger partial charge in [0.1, 0.15) is 11.6 Å². The molecule has 0 spiro atoms. The lowest BCUT2D eigenvalue weighted by Gasteiger charge is -2.19. The number of rotatable bonds is 6. The van der Waals surface area contributed by atoms with Gasteiger partial charge in [0.2, 0.25) is 0 Å². The monoisotopic (exact) mass is 469 g/mol. The summed E-state index contributed by atoms with van der Waals surface area (Å²) in [5, 5.41) is 5.08. The SMILES string of the molecule is CC[C@@H](C)c1nc2ccc(Br)cc2c(=O)n1N=Cc1ccccc1OCC(C)(C)C. The molecule has 0 aliphatic rings. The summed E-state index contributed by atoms with van der Waals surface area (Å²) < 4.78 is 8.26. The summed E-state index contributed by atoms with van der Waals surface area (Å²) in [6.45, 7) is 11.1. The lowest BCUT2D eigenvalue weighted by Crippen LogP contribution is -2.23. The lowest BCUT2D eigenvalue weighted by molar-refractivity contribution is 0.197. The average molecular weight is 470 g/mol. The van der Waals surface area contributed by atoms with E-state index in [0.717, 1.165) is 22.2 Å². The van der Waals surface area contributed by atoms with E-state index in [4.69, 9.17) is 9.72 Å². The van der Waals surface area contributed by atoms with E-state index in [0.29, 0.717) is 23.3 Å². The van der Waals surface area contributed by atoms with Crippen LogP contribution in [0.15, 0.2) is 56.8 Å². The first-order valence-corrected chi connectivity index (χ1v) is 11.0. The fourth-order valence-corrected chi connectivity index (χ4v) is 3.27. The zero-order chi connectivity index (χ0) is 21.9. The van der Waals surface area contributed by atoms with E-state index in [1.807, 2.05) is 36.4 Å². The fourth-order valence-electron chi connectivity index (χ4n) is 2.91. The Morgan fingerprint density at radius 1 is 1.23 bits per heavy atom. The molecule has 0 radical (unpaired) electrons. The number of nitrogens with zero attached hydrogens (tertiary/aromatic N) is 3. The highest BCUT2D eigenvalue weighted by Crippen LogP contribution is 2.22. The van der Waals surface area contributed by atoms with Crippen LogP contribution in [0.1, 0.15) is 58.3 Å². The molecular weight excluding hydrogens is 442 g/mol. The molecular formula is C24H28BrN3O2. The van der Waals surface area contributed by atoms with E-state index >= 15 is 0 Å². The molecule has 6 heteroatoms. The minimum Gasteiger partial charge on any atom is -0.492 e. The van der Waals surface area contributed by atoms with Crippen molar-refractivity contribution in [2.45, 2.75) is 47.0 Å². The van der Waals surface area contributed by atoms with Crippen LogP contribution in [-0.2, 0) is 0 Å².